The summed E-state index contributed by atoms with van der Waals surface area (Å²) in [5.74, 6) is 0.121. The van der Waals surface area contributed by atoms with Crippen molar-refractivity contribution in [2.75, 3.05) is 13.6 Å². The maximum Gasteiger partial charge on any atom is 0.242 e. The summed E-state index contributed by atoms with van der Waals surface area (Å²) in [7, 11) is 1.83. The van der Waals surface area contributed by atoms with Gasteiger partial charge in [-0.15, -0.1) is 0 Å². The first kappa shape index (κ1) is 9.52. The molecule has 3 nitrogen and oxygen atoms in total. The highest BCUT2D eigenvalue weighted by Crippen LogP contribution is 2.30. The Balaban J connectivity index is 2.45. The molecular weight excluding hydrogens is 152 g/mol. The van der Waals surface area contributed by atoms with Crippen LogP contribution in [0.3, 0.4) is 0 Å². The largest absolute Gasteiger partial charge is 0.344 e. The van der Waals surface area contributed by atoms with E-state index >= 15 is 0 Å². The summed E-state index contributed by atoms with van der Waals surface area (Å²) in [6.07, 6.45) is 3.82. The van der Waals surface area contributed by atoms with Crippen LogP contribution in [-0.4, -0.2) is 29.9 Å². The Morgan fingerprint density at radius 1 is 1.58 bits per heavy atom. The van der Waals surface area contributed by atoms with Gasteiger partial charge in [0, 0.05) is 13.6 Å². The molecule has 1 saturated carbocycles. The van der Waals surface area contributed by atoms with E-state index in [-0.39, 0.29) is 5.91 Å². The molecule has 0 aromatic carbocycles. The fourth-order valence-corrected chi connectivity index (χ4v) is 1.59. The van der Waals surface area contributed by atoms with E-state index in [1.807, 2.05) is 7.05 Å². The van der Waals surface area contributed by atoms with Gasteiger partial charge in [-0.05, 0) is 25.7 Å². The van der Waals surface area contributed by atoms with Crippen molar-refractivity contribution in [2.24, 2.45) is 5.73 Å². The number of carbonyl (C=O) groups excluding carboxylic acids is 1. The Hall–Kier alpha value is -0.570. The van der Waals surface area contributed by atoms with Crippen LogP contribution in [-0.2, 0) is 4.79 Å². The van der Waals surface area contributed by atoms with Crippen LogP contribution in [0.15, 0.2) is 0 Å². The predicted molar refractivity (Wildman–Crippen MR) is 48.7 cm³/mol. The highest BCUT2D eigenvalue weighted by molar-refractivity contribution is 5.86. The number of rotatable bonds is 3. The van der Waals surface area contributed by atoms with Gasteiger partial charge in [0.15, 0.2) is 0 Å². The quantitative estimate of drug-likeness (QED) is 0.679. The lowest BCUT2D eigenvalue weighted by Crippen LogP contribution is -2.58. The second-order valence-electron chi connectivity index (χ2n) is 3.74. The van der Waals surface area contributed by atoms with E-state index < -0.39 is 5.54 Å². The average Bonchev–Trinajstić information content (AvgIpc) is 1.99. The van der Waals surface area contributed by atoms with Gasteiger partial charge in [-0.25, -0.2) is 0 Å². The van der Waals surface area contributed by atoms with E-state index in [0.717, 1.165) is 32.2 Å². The zero-order valence-electron chi connectivity index (χ0n) is 7.97. The van der Waals surface area contributed by atoms with E-state index in [2.05, 4.69) is 6.92 Å². The molecular formula is C9H18N2O. The Morgan fingerprint density at radius 3 is 2.50 bits per heavy atom. The van der Waals surface area contributed by atoms with Gasteiger partial charge in [-0.1, -0.05) is 6.92 Å². The van der Waals surface area contributed by atoms with Crippen molar-refractivity contribution in [3.63, 3.8) is 0 Å². The summed E-state index contributed by atoms with van der Waals surface area (Å²) < 4.78 is 0. The number of amides is 1. The molecule has 1 aliphatic carbocycles. The molecule has 0 spiro atoms. The minimum absolute atomic E-state index is 0.121. The van der Waals surface area contributed by atoms with Crippen LogP contribution in [0.2, 0.25) is 0 Å². The van der Waals surface area contributed by atoms with Gasteiger partial charge in [-0.2, -0.15) is 0 Å². The van der Waals surface area contributed by atoms with E-state index in [9.17, 15) is 4.79 Å². The van der Waals surface area contributed by atoms with Crippen LogP contribution in [0.1, 0.15) is 32.6 Å². The van der Waals surface area contributed by atoms with Crippen molar-refractivity contribution in [3.8, 4) is 0 Å². The lowest BCUT2D eigenvalue weighted by atomic mass is 9.76. The van der Waals surface area contributed by atoms with Crippen molar-refractivity contribution in [1.29, 1.82) is 0 Å². The van der Waals surface area contributed by atoms with Crippen molar-refractivity contribution >= 4 is 5.91 Å². The van der Waals surface area contributed by atoms with E-state index in [4.69, 9.17) is 5.73 Å². The van der Waals surface area contributed by atoms with Gasteiger partial charge in [0.25, 0.3) is 0 Å². The minimum atomic E-state index is -0.510. The Labute approximate surface area is 73.9 Å². The number of carbonyl (C=O) groups is 1. The molecule has 0 atom stereocenters. The number of likely N-dealkylation sites (N-methyl/N-ethyl adjacent to an activating group) is 1. The lowest BCUT2D eigenvalue weighted by molar-refractivity contribution is -0.138. The topological polar surface area (TPSA) is 46.3 Å². The van der Waals surface area contributed by atoms with Gasteiger partial charge in [0.2, 0.25) is 5.91 Å². The molecule has 12 heavy (non-hydrogen) atoms. The fraction of sp³-hybridized carbons (Fsp3) is 0.889. The smallest absolute Gasteiger partial charge is 0.242 e. The lowest BCUT2D eigenvalue weighted by Gasteiger charge is -2.39. The molecule has 2 N–H and O–H groups in total. The highest BCUT2D eigenvalue weighted by atomic mass is 16.2. The second kappa shape index (κ2) is 3.44. The zero-order valence-corrected chi connectivity index (χ0v) is 7.97. The monoisotopic (exact) mass is 170 g/mol. The van der Waals surface area contributed by atoms with Gasteiger partial charge in [0.05, 0.1) is 5.54 Å². The van der Waals surface area contributed by atoms with Gasteiger partial charge in [0.1, 0.15) is 0 Å². The average molecular weight is 170 g/mol. The molecule has 0 saturated heterocycles. The maximum absolute atomic E-state index is 11.6. The van der Waals surface area contributed by atoms with Crippen LogP contribution in [0, 0.1) is 0 Å². The van der Waals surface area contributed by atoms with Crippen molar-refractivity contribution in [1.82, 2.24) is 4.90 Å². The third-order valence-electron chi connectivity index (χ3n) is 2.58. The Morgan fingerprint density at radius 2 is 2.17 bits per heavy atom. The van der Waals surface area contributed by atoms with Crippen LogP contribution in [0.4, 0.5) is 0 Å². The predicted octanol–water partition coefficient (Wildman–Crippen LogP) is 0.736. The van der Waals surface area contributed by atoms with E-state index in [1.165, 1.54) is 0 Å². The number of nitrogens with two attached hydrogens (primary N) is 1. The Kier molecular flexibility index (Phi) is 2.73. The van der Waals surface area contributed by atoms with Crippen LogP contribution in [0.5, 0.6) is 0 Å². The SMILES string of the molecule is CCCN(C)C(=O)C1(N)CCC1. The molecule has 1 rings (SSSR count). The van der Waals surface area contributed by atoms with Crippen LogP contribution < -0.4 is 5.73 Å². The molecule has 0 aromatic rings. The van der Waals surface area contributed by atoms with Crippen molar-refractivity contribution < 1.29 is 4.79 Å². The molecule has 0 radical (unpaired) electrons. The number of nitrogens with zero attached hydrogens (tertiary/aromatic N) is 1. The summed E-state index contributed by atoms with van der Waals surface area (Å²) in [4.78, 5) is 13.4. The van der Waals surface area contributed by atoms with Gasteiger partial charge >= 0.3 is 0 Å². The molecule has 0 unspecified atom stereocenters. The summed E-state index contributed by atoms with van der Waals surface area (Å²) in [6.45, 7) is 2.88. The summed E-state index contributed by atoms with van der Waals surface area (Å²) in [5, 5.41) is 0. The Bertz CT molecular complexity index is 175. The van der Waals surface area contributed by atoms with Gasteiger partial charge < -0.3 is 10.6 Å². The standard InChI is InChI=1S/C9H18N2O/c1-3-7-11(2)8(12)9(10)5-4-6-9/h3-7,10H2,1-2H3. The molecule has 0 heterocycles. The number of hydrogen-bond acceptors (Lipinski definition) is 2. The van der Waals surface area contributed by atoms with Gasteiger partial charge in [-0.3, -0.25) is 4.79 Å². The van der Waals surface area contributed by atoms with Crippen LogP contribution >= 0.6 is 0 Å². The first-order chi connectivity index (χ1) is 5.60. The van der Waals surface area contributed by atoms with E-state index in [1.54, 1.807) is 4.90 Å². The van der Waals surface area contributed by atoms with Crippen molar-refractivity contribution in [3.05, 3.63) is 0 Å². The molecule has 70 valence electrons. The van der Waals surface area contributed by atoms with Crippen molar-refractivity contribution in [2.45, 2.75) is 38.1 Å². The zero-order chi connectivity index (χ0) is 9.19. The summed E-state index contributed by atoms with van der Waals surface area (Å²) in [6, 6.07) is 0. The molecule has 1 amide bonds. The summed E-state index contributed by atoms with van der Waals surface area (Å²) in [5.41, 5.74) is 5.38. The molecule has 0 bridgehead atoms. The third-order valence-corrected chi connectivity index (χ3v) is 2.58. The molecule has 1 aliphatic rings. The first-order valence-electron chi connectivity index (χ1n) is 4.64. The molecule has 0 aromatic heterocycles. The molecule has 3 heteroatoms. The molecule has 0 aliphatic heterocycles. The second-order valence-corrected chi connectivity index (χ2v) is 3.74. The van der Waals surface area contributed by atoms with Crippen LogP contribution in [0.25, 0.3) is 0 Å². The third kappa shape index (κ3) is 1.61. The number of hydrogen-bond donors (Lipinski definition) is 1. The van der Waals surface area contributed by atoms with E-state index in [0.29, 0.717) is 0 Å². The highest BCUT2D eigenvalue weighted by Gasteiger charge is 2.41. The maximum atomic E-state index is 11.6. The normalized spacial score (nSPS) is 19.9. The first-order valence-corrected chi connectivity index (χ1v) is 4.64. The fourth-order valence-electron chi connectivity index (χ4n) is 1.59. The minimum Gasteiger partial charge on any atom is -0.344 e. The molecule has 1 fully saturated rings. The summed E-state index contributed by atoms with van der Waals surface area (Å²) >= 11 is 0.